The second-order valence-corrected chi connectivity index (χ2v) is 6.19. The minimum Gasteiger partial charge on any atom is -0.289 e. The van der Waals surface area contributed by atoms with Crippen molar-refractivity contribution in [3.05, 3.63) is 44.5 Å². The van der Waals surface area contributed by atoms with Gasteiger partial charge in [-0.05, 0) is 12.1 Å². The van der Waals surface area contributed by atoms with Gasteiger partial charge in [-0.2, -0.15) is 5.26 Å². The van der Waals surface area contributed by atoms with Crippen molar-refractivity contribution < 1.29 is 9.60 Å². The molecule has 1 aliphatic heterocycles. The van der Waals surface area contributed by atoms with Crippen LogP contribution in [0.15, 0.2) is 18.3 Å². The molecule has 0 fully saturated rings. The number of aromatic nitrogens is 1. The van der Waals surface area contributed by atoms with Crippen molar-refractivity contribution in [1.82, 2.24) is 10.0 Å². The predicted octanol–water partition coefficient (Wildman–Crippen LogP) is 4.46. The summed E-state index contributed by atoms with van der Waals surface area (Å²) >= 11 is 13.5. The average molecular weight is 342 g/mol. The third-order valence-corrected chi connectivity index (χ3v) is 4.53. The number of hydroxylamine groups is 2. The fourth-order valence-electron chi connectivity index (χ4n) is 1.98. The van der Waals surface area contributed by atoms with Crippen molar-refractivity contribution in [2.45, 2.75) is 6.54 Å². The Hall–Kier alpha value is -1.65. The highest BCUT2D eigenvalue weighted by Crippen LogP contribution is 2.41. The topological polar surface area (TPSA) is 60.2 Å². The SMILES string of the molecule is N#Cc1cc(Cl)c(-c2nc3c(s2)CN(O)C=C3F)c(Cl)c1. The van der Waals surface area contributed by atoms with Crippen LogP contribution in [0.3, 0.4) is 0 Å². The second kappa shape index (κ2) is 5.28. The molecule has 1 aromatic carbocycles. The fourth-order valence-corrected chi connectivity index (χ4v) is 3.89. The van der Waals surface area contributed by atoms with Crippen molar-refractivity contribution in [2.24, 2.45) is 0 Å². The summed E-state index contributed by atoms with van der Waals surface area (Å²) in [7, 11) is 0. The minimum atomic E-state index is -0.623. The van der Waals surface area contributed by atoms with E-state index < -0.39 is 5.83 Å². The molecule has 0 aliphatic carbocycles. The maximum Gasteiger partial charge on any atom is 0.168 e. The Morgan fingerprint density at radius 3 is 2.67 bits per heavy atom. The van der Waals surface area contributed by atoms with Gasteiger partial charge in [-0.3, -0.25) is 10.3 Å². The molecule has 0 spiro atoms. The van der Waals surface area contributed by atoms with Crippen LogP contribution < -0.4 is 0 Å². The molecule has 1 aromatic heterocycles. The van der Waals surface area contributed by atoms with Gasteiger partial charge in [-0.15, -0.1) is 11.3 Å². The summed E-state index contributed by atoms with van der Waals surface area (Å²) < 4.78 is 13.8. The van der Waals surface area contributed by atoms with E-state index >= 15 is 0 Å². The summed E-state index contributed by atoms with van der Waals surface area (Å²) in [5.74, 6) is -0.623. The summed E-state index contributed by atoms with van der Waals surface area (Å²) in [5, 5.41) is 20.0. The fraction of sp³-hybridized carbons (Fsp3) is 0.0769. The van der Waals surface area contributed by atoms with E-state index in [-0.39, 0.29) is 22.3 Å². The van der Waals surface area contributed by atoms with Gasteiger partial charge in [0.05, 0.1) is 39.3 Å². The number of rotatable bonds is 1. The van der Waals surface area contributed by atoms with Crippen LogP contribution in [0.25, 0.3) is 16.4 Å². The lowest BCUT2D eigenvalue weighted by Crippen LogP contribution is -2.15. The average Bonchev–Trinajstić information content (AvgIpc) is 2.81. The van der Waals surface area contributed by atoms with Gasteiger partial charge in [0.25, 0.3) is 0 Å². The molecule has 2 aromatic rings. The number of halogens is 3. The van der Waals surface area contributed by atoms with Crippen molar-refractivity contribution in [1.29, 1.82) is 5.26 Å². The molecule has 1 aliphatic rings. The Balaban J connectivity index is 2.14. The molecule has 2 heterocycles. The first-order valence-corrected chi connectivity index (χ1v) is 7.29. The van der Waals surface area contributed by atoms with Crippen LogP contribution in [-0.2, 0) is 6.54 Å². The van der Waals surface area contributed by atoms with Crippen LogP contribution in [0.4, 0.5) is 4.39 Å². The van der Waals surface area contributed by atoms with Gasteiger partial charge in [-0.1, -0.05) is 23.2 Å². The van der Waals surface area contributed by atoms with Crippen LogP contribution in [0.2, 0.25) is 10.0 Å². The zero-order valence-corrected chi connectivity index (χ0v) is 12.6. The largest absolute Gasteiger partial charge is 0.289 e. The summed E-state index contributed by atoms with van der Waals surface area (Å²) in [6.45, 7) is 0.145. The van der Waals surface area contributed by atoms with Crippen LogP contribution >= 0.6 is 34.5 Å². The molecule has 0 saturated heterocycles. The Morgan fingerprint density at radius 2 is 2.05 bits per heavy atom. The van der Waals surface area contributed by atoms with Crippen molar-refractivity contribution in [2.75, 3.05) is 0 Å². The van der Waals surface area contributed by atoms with Crippen LogP contribution in [0.1, 0.15) is 16.1 Å². The number of nitrogens with zero attached hydrogens (tertiary/aromatic N) is 3. The van der Waals surface area contributed by atoms with Gasteiger partial charge in [0.2, 0.25) is 0 Å². The van der Waals surface area contributed by atoms with Gasteiger partial charge in [-0.25, -0.2) is 9.37 Å². The van der Waals surface area contributed by atoms with Crippen LogP contribution in [-0.4, -0.2) is 15.3 Å². The highest BCUT2D eigenvalue weighted by molar-refractivity contribution is 7.15. The Labute approximate surface area is 133 Å². The Kier molecular flexibility index (Phi) is 3.59. The molecule has 3 rings (SSSR count). The number of fused-ring (bicyclic) bond motifs is 1. The summed E-state index contributed by atoms with van der Waals surface area (Å²) in [4.78, 5) is 4.77. The second-order valence-electron chi connectivity index (χ2n) is 4.29. The molecular weight excluding hydrogens is 336 g/mol. The zero-order valence-electron chi connectivity index (χ0n) is 10.3. The predicted molar refractivity (Wildman–Crippen MR) is 78.7 cm³/mol. The number of hydrogen-bond acceptors (Lipinski definition) is 5. The van der Waals surface area contributed by atoms with E-state index in [1.807, 2.05) is 6.07 Å². The lowest BCUT2D eigenvalue weighted by molar-refractivity contribution is -0.0501. The molecule has 0 saturated carbocycles. The van der Waals surface area contributed by atoms with Crippen LogP contribution in [0, 0.1) is 11.3 Å². The highest BCUT2D eigenvalue weighted by atomic mass is 35.5. The Morgan fingerprint density at radius 1 is 1.38 bits per heavy atom. The van der Waals surface area contributed by atoms with Gasteiger partial charge in [0.1, 0.15) is 10.7 Å². The summed E-state index contributed by atoms with van der Waals surface area (Å²) in [6, 6.07) is 4.91. The van der Waals surface area contributed by atoms with Gasteiger partial charge in [0.15, 0.2) is 5.83 Å². The molecule has 4 nitrogen and oxygen atoms in total. The first kappa shape index (κ1) is 14.3. The molecule has 0 unspecified atom stereocenters. The molecule has 0 bridgehead atoms. The molecule has 21 heavy (non-hydrogen) atoms. The molecule has 1 N–H and O–H groups in total. The normalized spacial score (nSPS) is 13.7. The van der Waals surface area contributed by atoms with E-state index in [1.54, 1.807) is 0 Å². The minimum absolute atomic E-state index is 0.145. The molecule has 0 atom stereocenters. The molecule has 0 radical (unpaired) electrons. The van der Waals surface area contributed by atoms with Gasteiger partial charge < -0.3 is 0 Å². The number of nitriles is 1. The third-order valence-electron chi connectivity index (χ3n) is 2.88. The van der Waals surface area contributed by atoms with E-state index in [0.717, 1.165) is 11.3 Å². The summed E-state index contributed by atoms with van der Waals surface area (Å²) in [6.07, 6.45) is 0.966. The standard InChI is InChI=1S/C13H6Cl2FN3OS/c14-7-1-6(3-17)2-8(15)11(7)13-18-12-9(16)4-19(20)5-10(12)21-13/h1-2,4,20H,5H2. The van der Waals surface area contributed by atoms with E-state index in [4.69, 9.17) is 28.5 Å². The van der Waals surface area contributed by atoms with E-state index in [9.17, 15) is 9.60 Å². The lowest BCUT2D eigenvalue weighted by Gasteiger charge is -2.15. The van der Waals surface area contributed by atoms with E-state index in [1.165, 1.54) is 23.5 Å². The van der Waals surface area contributed by atoms with Gasteiger partial charge >= 0.3 is 0 Å². The van der Waals surface area contributed by atoms with Crippen molar-refractivity contribution in [3.63, 3.8) is 0 Å². The Bertz CT molecular complexity index is 789. The van der Waals surface area contributed by atoms with Crippen molar-refractivity contribution >= 4 is 40.4 Å². The van der Waals surface area contributed by atoms with Crippen LogP contribution in [0.5, 0.6) is 0 Å². The molecule has 0 amide bonds. The smallest absolute Gasteiger partial charge is 0.168 e. The quantitative estimate of drug-likeness (QED) is 0.831. The summed E-state index contributed by atoms with van der Waals surface area (Å²) in [5.41, 5.74) is 0.966. The molecule has 106 valence electrons. The zero-order chi connectivity index (χ0) is 15.1. The maximum absolute atomic E-state index is 13.8. The molecular formula is C13H6Cl2FN3OS. The number of thiazole rings is 1. The maximum atomic E-state index is 13.8. The van der Waals surface area contributed by atoms with Gasteiger partial charge in [0, 0.05) is 5.56 Å². The lowest BCUT2D eigenvalue weighted by atomic mass is 10.1. The van der Waals surface area contributed by atoms with Crippen molar-refractivity contribution in [3.8, 4) is 16.6 Å². The van der Waals surface area contributed by atoms with E-state index in [2.05, 4.69) is 4.98 Å². The number of benzene rings is 1. The monoisotopic (exact) mass is 341 g/mol. The number of hydrogen-bond donors (Lipinski definition) is 1. The molecule has 8 heteroatoms. The third kappa shape index (κ3) is 2.49. The van der Waals surface area contributed by atoms with E-state index in [0.29, 0.717) is 21.0 Å². The highest BCUT2D eigenvalue weighted by Gasteiger charge is 2.24. The first-order valence-electron chi connectivity index (χ1n) is 5.72. The first-order chi connectivity index (χ1) is 9.99.